The van der Waals surface area contributed by atoms with Gasteiger partial charge in [0.15, 0.2) is 0 Å². The van der Waals surface area contributed by atoms with Gasteiger partial charge in [0.1, 0.15) is 11.6 Å². The summed E-state index contributed by atoms with van der Waals surface area (Å²) in [6.45, 7) is 8.72. The maximum Gasteiger partial charge on any atom is 0.573 e. The van der Waals surface area contributed by atoms with Gasteiger partial charge in [0, 0.05) is 18.3 Å². The molecular weight excluding hydrogens is 434 g/mol. The molecule has 0 aromatic heterocycles. The van der Waals surface area contributed by atoms with E-state index in [1.54, 1.807) is 12.1 Å². The number of nitrogens with zero attached hydrogens (tertiary/aromatic N) is 2. The third-order valence-corrected chi connectivity index (χ3v) is 6.59. The molecule has 1 unspecified atom stereocenters. The van der Waals surface area contributed by atoms with Crippen LogP contribution in [0, 0.1) is 5.82 Å². The fourth-order valence-electron chi connectivity index (χ4n) is 5.07. The molecular formula is C25H29F4N3O. The van der Waals surface area contributed by atoms with Gasteiger partial charge in [0.05, 0.1) is 11.4 Å². The average molecular weight is 464 g/mol. The van der Waals surface area contributed by atoms with Gasteiger partial charge in [-0.25, -0.2) is 4.39 Å². The average Bonchev–Trinajstić information content (AvgIpc) is 2.73. The quantitative estimate of drug-likeness (QED) is 0.447. The van der Waals surface area contributed by atoms with Crippen molar-refractivity contribution in [2.45, 2.75) is 50.9 Å². The Kier molecular flexibility index (Phi) is 6.56. The number of ether oxygens (including phenoxy) is 1. The topological polar surface area (TPSA) is 41.7 Å². The van der Waals surface area contributed by atoms with Crippen LogP contribution >= 0.6 is 0 Å². The molecule has 2 aliphatic heterocycles. The molecule has 0 spiro atoms. The zero-order valence-electron chi connectivity index (χ0n) is 18.7. The van der Waals surface area contributed by atoms with E-state index in [2.05, 4.69) is 28.0 Å². The van der Waals surface area contributed by atoms with Crippen LogP contribution in [0.5, 0.6) is 5.75 Å². The molecule has 0 radical (unpaired) electrons. The summed E-state index contributed by atoms with van der Waals surface area (Å²) in [5.74, 6) is -0.319. The number of piperidine rings is 1. The Morgan fingerprint density at radius 3 is 2.58 bits per heavy atom. The van der Waals surface area contributed by atoms with Gasteiger partial charge in [-0.3, -0.25) is 4.90 Å². The number of anilines is 2. The number of nitrogens with two attached hydrogens (primary N) is 1. The minimum atomic E-state index is -4.69. The van der Waals surface area contributed by atoms with Gasteiger partial charge in [-0.05, 0) is 87.0 Å². The van der Waals surface area contributed by atoms with E-state index in [-0.39, 0.29) is 23.5 Å². The van der Waals surface area contributed by atoms with Crippen LogP contribution in [-0.2, 0) is 6.42 Å². The molecule has 1 atom stereocenters. The molecule has 2 aromatic rings. The van der Waals surface area contributed by atoms with E-state index in [1.807, 2.05) is 6.07 Å². The zero-order valence-corrected chi connectivity index (χ0v) is 18.7. The molecule has 2 aromatic carbocycles. The van der Waals surface area contributed by atoms with E-state index in [9.17, 15) is 17.6 Å². The smallest absolute Gasteiger partial charge is 0.406 e. The number of fused-ring (bicyclic) bond motifs is 1. The van der Waals surface area contributed by atoms with Gasteiger partial charge >= 0.3 is 6.36 Å². The van der Waals surface area contributed by atoms with Gasteiger partial charge < -0.3 is 15.4 Å². The Balaban J connectivity index is 1.39. The molecule has 33 heavy (non-hydrogen) atoms. The largest absolute Gasteiger partial charge is 0.573 e. The molecule has 1 saturated heterocycles. The highest BCUT2D eigenvalue weighted by atomic mass is 19.4. The lowest BCUT2D eigenvalue weighted by molar-refractivity contribution is -0.274. The SMILES string of the molecule is C=C(CN1CCC(c2cccc(OC(F)(F)F)c2)CC1)N1c2c(N)cc(F)cc2CCC1C. The van der Waals surface area contributed by atoms with Crippen molar-refractivity contribution in [3.05, 3.63) is 65.6 Å². The zero-order chi connectivity index (χ0) is 23.8. The lowest BCUT2D eigenvalue weighted by atomic mass is 9.89. The van der Waals surface area contributed by atoms with E-state index in [0.29, 0.717) is 12.2 Å². The fraction of sp³-hybridized carbons (Fsp3) is 0.440. The second kappa shape index (κ2) is 9.25. The van der Waals surface area contributed by atoms with Crippen molar-refractivity contribution in [3.8, 4) is 5.75 Å². The Labute approximate surface area is 191 Å². The first-order valence-electron chi connectivity index (χ1n) is 11.2. The maximum absolute atomic E-state index is 13.8. The number of hydrogen-bond donors (Lipinski definition) is 1. The Hall–Kier alpha value is -2.74. The molecule has 8 heteroatoms. The summed E-state index contributed by atoms with van der Waals surface area (Å²) >= 11 is 0. The summed E-state index contributed by atoms with van der Waals surface area (Å²) in [4.78, 5) is 4.44. The number of rotatable bonds is 5. The molecule has 2 N–H and O–H groups in total. The van der Waals surface area contributed by atoms with Gasteiger partial charge in [-0.1, -0.05) is 18.7 Å². The standard InChI is InChI=1S/C25H29F4N3O/c1-16-6-7-20-12-21(26)14-23(30)24(20)32(16)17(2)15-31-10-8-18(9-11-31)19-4-3-5-22(13-19)33-25(27,28)29/h3-5,12-14,16,18H,2,6-11,15,30H2,1H3. The van der Waals surface area contributed by atoms with Crippen LogP contribution < -0.4 is 15.4 Å². The highest BCUT2D eigenvalue weighted by Gasteiger charge is 2.32. The second-order valence-corrected chi connectivity index (χ2v) is 9.00. The van der Waals surface area contributed by atoms with E-state index in [1.165, 1.54) is 18.2 Å². The number of alkyl halides is 3. The molecule has 1 fully saturated rings. The minimum Gasteiger partial charge on any atom is -0.406 e. The molecule has 2 heterocycles. The predicted octanol–water partition coefficient (Wildman–Crippen LogP) is 5.84. The summed E-state index contributed by atoms with van der Waals surface area (Å²) < 4.78 is 55.5. The van der Waals surface area contributed by atoms with E-state index >= 15 is 0 Å². The van der Waals surface area contributed by atoms with Crippen molar-refractivity contribution >= 4 is 11.4 Å². The first kappa shape index (κ1) is 23.4. The lowest BCUT2D eigenvalue weighted by Crippen LogP contribution is -2.42. The number of halogens is 4. The Bertz CT molecular complexity index is 1020. The second-order valence-electron chi connectivity index (χ2n) is 9.00. The van der Waals surface area contributed by atoms with Gasteiger partial charge in [-0.2, -0.15) is 0 Å². The predicted molar refractivity (Wildman–Crippen MR) is 122 cm³/mol. The number of benzene rings is 2. The van der Waals surface area contributed by atoms with Crippen LogP contribution in [0.4, 0.5) is 28.9 Å². The van der Waals surface area contributed by atoms with Gasteiger partial charge in [0.2, 0.25) is 0 Å². The number of hydrogen-bond acceptors (Lipinski definition) is 4. The van der Waals surface area contributed by atoms with Crippen LogP contribution in [0.2, 0.25) is 0 Å². The molecule has 0 bridgehead atoms. The van der Waals surface area contributed by atoms with Crippen molar-refractivity contribution in [3.63, 3.8) is 0 Å². The first-order chi connectivity index (χ1) is 15.6. The van der Waals surface area contributed by atoms with Crippen LogP contribution in [-0.4, -0.2) is 36.9 Å². The first-order valence-corrected chi connectivity index (χ1v) is 11.2. The monoisotopic (exact) mass is 463 g/mol. The summed E-state index contributed by atoms with van der Waals surface area (Å²) in [6, 6.07) is 9.40. The fourth-order valence-corrected chi connectivity index (χ4v) is 5.07. The summed E-state index contributed by atoms with van der Waals surface area (Å²) in [7, 11) is 0. The number of likely N-dealkylation sites (tertiary alicyclic amines) is 1. The highest BCUT2D eigenvalue weighted by molar-refractivity contribution is 5.75. The number of aryl methyl sites for hydroxylation is 1. The van der Waals surface area contributed by atoms with Gasteiger partial charge in [-0.15, -0.1) is 13.2 Å². The molecule has 4 rings (SSSR count). The molecule has 4 nitrogen and oxygen atoms in total. The van der Waals surface area contributed by atoms with Crippen LogP contribution in [0.3, 0.4) is 0 Å². The van der Waals surface area contributed by atoms with Crippen LogP contribution in [0.1, 0.15) is 43.2 Å². The van der Waals surface area contributed by atoms with E-state index < -0.39 is 6.36 Å². The minimum absolute atomic E-state index is 0.178. The molecule has 178 valence electrons. The summed E-state index contributed by atoms with van der Waals surface area (Å²) in [6.07, 6.45) is -1.34. The van der Waals surface area contributed by atoms with Crippen LogP contribution in [0.25, 0.3) is 0 Å². The van der Waals surface area contributed by atoms with Crippen LogP contribution in [0.15, 0.2) is 48.7 Å². The molecule has 0 aliphatic carbocycles. The van der Waals surface area contributed by atoms with E-state index in [0.717, 1.165) is 61.3 Å². The van der Waals surface area contributed by atoms with Crippen molar-refractivity contribution in [1.82, 2.24) is 4.90 Å². The van der Waals surface area contributed by atoms with Crippen molar-refractivity contribution in [2.24, 2.45) is 0 Å². The Morgan fingerprint density at radius 1 is 1.15 bits per heavy atom. The normalized spacial score (nSPS) is 19.9. The lowest BCUT2D eigenvalue weighted by Gasteiger charge is -2.41. The van der Waals surface area contributed by atoms with Gasteiger partial charge in [0.25, 0.3) is 0 Å². The molecule has 0 saturated carbocycles. The summed E-state index contributed by atoms with van der Waals surface area (Å²) in [5, 5.41) is 0. The third-order valence-electron chi connectivity index (χ3n) is 6.59. The molecule has 0 amide bonds. The van der Waals surface area contributed by atoms with Crippen molar-refractivity contribution < 1.29 is 22.3 Å². The van der Waals surface area contributed by atoms with Crippen molar-refractivity contribution in [1.29, 1.82) is 0 Å². The highest BCUT2D eigenvalue weighted by Crippen LogP contribution is 2.39. The Morgan fingerprint density at radius 2 is 1.88 bits per heavy atom. The maximum atomic E-state index is 13.8. The third kappa shape index (κ3) is 5.43. The molecule has 2 aliphatic rings. The number of nitrogen functional groups attached to an aromatic ring is 1. The van der Waals surface area contributed by atoms with E-state index in [4.69, 9.17) is 5.73 Å². The summed E-state index contributed by atoms with van der Waals surface area (Å²) in [5.41, 5.74) is 10.2. The van der Waals surface area contributed by atoms with Crippen molar-refractivity contribution in [2.75, 3.05) is 30.3 Å².